The number of fused-ring (bicyclic) bond motifs is 1. The highest BCUT2D eigenvalue weighted by atomic mass is 19.1. The molecule has 0 aromatic heterocycles. The highest BCUT2D eigenvalue weighted by Gasteiger charge is 2.30. The number of likely N-dealkylation sites (N-methyl/N-ethyl adjacent to an activating group) is 1. The zero-order valence-electron chi connectivity index (χ0n) is 15.2. The van der Waals surface area contributed by atoms with Gasteiger partial charge in [0.1, 0.15) is 11.6 Å². The lowest BCUT2D eigenvalue weighted by atomic mass is 10.1. The molecule has 0 spiro atoms. The van der Waals surface area contributed by atoms with E-state index in [4.69, 9.17) is 9.47 Å². The first-order valence-corrected chi connectivity index (χ1v) is 8.63. The molecule has 3 rings (SSSR count). The van der Waals surface area contributed by atoms with Crippen molar-refractivity contribution in [3.63, 3.8) is 0 Å². The van der Waals surface area contributed by atoms with E-state index in [2.05, 4.69) is 5.32 Å². The number of rotatable bonds is 6. The molecule has 146 valence electrons. The first kappa shape index (κ1) is 19.3. The summed E-state index contributed by atoms with van der Waals surface area (Å²) >= 11 is 0. The fourth-order valence-electron chi connectivity index (χ4n) is 2.66. The lowest BCUT2D eigenvalue weighted by molar-refractivity contribution is -0.154. The number of hydrogen-bond donors (Lipinski definition) is 1. The highest BCUT2D eigenvalue weighted by Crippen LogP contribution is 2.29. The molecule has 0 saturated carbocycles. The van der Waals surface area contributed by atoms with Crippen LogP contribution in [0.3, 0.4) is 0 Å². The van der Waals surface area contributed by atoms with Crippen LogP contribution >= 0.6 is 0 Å². The highest BCUT2D eigenvalue weighted by molar-refractivity contribution is 5.99. The van der Waals surface area contributed by atoms with Gasteiger partial charge >= 0.3 is 5.97 Å². The molecule has 0 bridgehead atoms. The average molecular weight is 386 g/mol. The van der Waals surface area contributed by atoms with E-state index in [1.165, 1.54) is 18.0 Å². The molecule has 1 N–H and O–H groups in total. The number of para-hydroxylation sites is 2. The Kier molecular flexibility index (Phi) is 5.88. The molecule has 2 amide bonds. The summed E-state index contributed by atoms with van der Waals surface area (Å²) in [6, 6.07) is 13.0. The van der Waals surface area contributed by atoms with Crippen LogP contribution in [0.4, 0.5) is 10.1 Å². The molecule has 7 nitrogen and oxygen atoms in total. The number of hydrogen-bond acceptors (Lipinski definition) is 5. The molecule has 8 heteroatoms. The maximum atomic E-state index is 13.7. The minimum atomic E-state index is -1.03. The van der Waals surface area contributed by atoms with Gasteiger partial charge in [-0.15, -0.1) is 0 Å². The second kappa shape index (κ2) is 8.51. The van der Waals surface area contributed by atoms with Gasteiger partial charge in [0.2, 0.25) is 0 Å². The average Bonchev–Trinajstić information content (AvgIpc) is 2.68. The minimum Gasteiger partial charge on any atom is -0.478 e. The van der Waals surface area contributed by atoms with Crippen molar-refractivity contribution in [2.45, 2.75) is 19.1 Å². The van der Waals surface area contributed by atoms with Crippen LogP contribution in [-0.2, 0) is 25.7 Å². The Bertz CT molecular complexity index is 902. The van der Waals surface area contributed by atoms with Crippen molar-refractivity contribution in [3.05, 3.63) is 59.9 Å². The van der Waals surface area contributed by atoms with E-state index in [1.807, 2.05) is 0 Å². The quantitative estimate of drug-likeness (QED) is 0.769. The van der Waals surface area contributed by atoms with Crippen LogP contribution in [0.5, 0.6) is 5.75 Å². The van der Waals surface area contributed by atoms with Crippen LogP contribution in [0, 0.1) is 5.82 Å². The largest absolute Gasteiger partial charge is 0.478 e. The third-order valence-corrected chi connectivity index (χ3v) is 4.21. The number of nitrogens with one attached hydrogen (secondary N) is 1. The smallest absolute Gasteiger partial charge is 0.310 e. The van der Waals surface area contributed by atoms with Crippen molar-refractivity contribution in [2.24, 2.45) is 0 Å². The molecule has 28 heavy (non-hydrogen) atoms. The lowest BCUT2D eigenvalue weighted by Crippen LogP contribution is -2.39. The van der Waals surface area contributed by atoms with Crippen LogP contribution in [0.15, 0.2) is 48.5 Å². The summed E-state index contributed by atoms with van der Waals surface area (Å²) in [5.74, 6) is -1.65. The van der Waals surface area contributed by atoms with Crippen molar-refractivity contribution >= 4 is 23.5 Å². The third-order valence-electron chi connectivity index (χ3n) is 4.21. The number of anilines is 1. The third kappa shape index (κ3) is 4.64. The van der Waals surface area contributed by atoms with E-state index in [0.29, 0.717) is 17.0 Å². The molecule has 1 atom stereocenters. The molecule has 2 aromatic rings. The van der Waals surface area contributed by atoms with Gasteiger partial charge in [0.05, 0.1) is 12.1 Å². The van der Waals surface area contributed by atoms with Crippen LogP contribution < -0.4 is 10.1 Å². The SMILES string of the molecule is CN(Cc1ccccc1F)C(=O)COC(=O)C[C@@H]1Oc2ccccc2NC1=O. The first-order chi connectivity index (χ1) is 13.4. The molecular formula is C20H19FN2O5. The van der Waals surface area contributed by atoms with Crippen molar-refractivity contribution < 1.29 is 28.2 Å². The van der Waals surface area contributed by atoms with Gasteiger partial charge in [0, 0.05) is 19.2 Å². The van der Waals surface area contributed by atoms with E-state index in [1.54, 1.807) is 42.5 Å². The monoisotopic (exact) mass is 386 g/mol. The van der Waals surface area contributed by atoms with Gasteiger partial charge in [0.15, 0.2) is 12.7 Å². The predicted octanol–water partition coefficient (Wildman–Crippen LogP) is 2.12. The molecule has 0 fully saturated rings. The van der Waals surface area contributed by atoms with Gasteiger partial charge in [-0.2, -0.15) is 0 Å². The summed E-state index contributed by atoms with van der Waals surface area (Å²) in [6.45, 7) is -0.456. The van der Waals surface area contributed by atoms with Crippen molar-refractivity contribution in [3.8, 4) is 5.75 Å². The second-order valence-electron chi connectivity index (χ2n) is 6.30. The Morgan fingerprint density at radius 3 is 2.68 bits per heavy atom. The summed E-state index contributed by atoms with van der Waals surface area (Å²) in [5, 5.41) is 2.65. The van der Waals surface area contributed by atoms with Gasteiger partial charge in [-0.25, -0.2) is 4.39 Å². The van der Waals surface area contributed by atoms with Gasteiger partial charge in [-0.3, -0.25) is 14.4 Å². The molecule has 1 aliphatic rings. The van der Waals surface area contributed by atoms with Crippen molar-refractivity contribution in [1.29, 1.82) is 0 Å². The van der Waals surface area contributed by atoms with Crippen LogP contribution in [-0.4, -0.2) is 42.4 Å². The maximum Gasteiger partial charge on any atom is 0.310 e. The van der Waals surface area contributed by atoms with Gasteiger partial charge in [-0.1, -0.05) is 30.3 Å². The Morgan fingerprint density at radius 1 is 1.18 bits per heavy atom. The number of carbonyl (C=O) groups is 3. The Hall–Kier alpha value is -3.42. The number of amides is 2. The van der Waals surface area contributed by atoms with E-state index < -0.39 is 36.3 Å². The Labute approximate surface area is 161 Å². The summed E-state index contributed by atoms with van der Waals surface area (Å²) in [7, 11) is 1.48. The van der Waals surface area contributed by atoms with E-state index in [0.717, 1.165) is 0 Å². The topological polar surface area (TPSA) is 84.9 Å². The Balaban J connectivity index is 1.48. The molecule has 0 unspecified atom stereocenters. The van der Waals surface area contributed by atoms with Gasteiger partial charge in [-0.05, 0) is 18.2 Å². The summed E-state index contributed by atoms with van der Waals surface area (Å²) in [5.41, 5.74) is 0.887. The first-order valence-electron chi connectivity index (χ1n) is 8.63. The van der Waals surface area contributed by atoms with Crippen LogP contribution in [0.1, 0.15) is 12.0 Å². The molecule has 0 aliphatic carbocycles. The molecule has 1 aliphatic heterocycles. The van der Waals surface area contributed by atoms with Gasteiger partial charge < -0.3 is 19.7 Å². The fraction of sp³-hybridized carbons (Fsp3) is 0.250. The molecule has 1 heterocycles. The molecule has 2 aromatic carbocycles. The van der Waals surface area contributed by atoms with E-state index >= 15 is 0 Å². The normalized spacial score (nSPS) is 15.1. The number of esters is 1. The van der Waals surface area contributed by atoms with Crippen LogP contribution in [0.25, 0.3) is 0 Å². The summed E-state index contributed by atoms with van der Waals surface area (Å²) in [6.07, 6.45) is -1.36. The van der Waals surface area contributed by atoms with Crippen molar-refractivity contribution in [1.82, 2.24) is 4.90 Å². The molecule has 0 radical (unpaired) electrons. The van der Waals surface area contributed by atoms with E-state index in [-0.39, 0.29) is 13.0 Å². The summed E-state index contributed by atoms with van der Waals surface area (Å²) in [4.78, 5) is 37.4. The van der Waals surface area contributed by atoms with Gasteiger partial charge in [0.25, 0.3) is 11.8 Å². The minimum absolute atomic E-state index is 0.0496. The molecular weight excluding hydrogens is 367 g/mol. The Morgan fingerprint density at radius 2 is 1.89 bits per heavy atom. The lowest BCUT2D eigenvalue weighted by Gasteiger charge is -2.25. The van der Waals surface area contributed by atoms with Crippen molar-refractivity contribution in [2.75, 3.05) is 19.0 Å². The standard InChI is InChI=1S/C20H19FN2O5/c1-23(11-13-6-2-3-7-14(13)21)18(24)12-27-19(25)10-17-20(26)22-15-8-4-5-9-16(15)28-17/h2-9,17H,10-12H2,1H3,(H,22,26)/t17-/m0/s1. The number of nitrogens with zero attached hydrogens (tertiary/aromatic N) is 1. The fourth-order valence-corrected chi connectivity index (χ4v) is 2.66. The maximum absolute atomic E-state index is 13.7. The zero-order valence-corrected chi connectivity index (χ0v) is 15.2. The second-order valence-corrected chi connectivity index (χ2v) is 6.30. The van der Waals surface area contributed by atoms with Crippen LogP contribution in [0.2, 0.25) is 0 Å². The zero-order chi connectivity index (χ0) is 20.1. The number of halogens is 1. The number of ether oxygens (including phenoxy) is 2. The summed E-state index contributed by atoms with van der Waals surface area (Å²) < 4.78 is 24.1. The number of carbonyl (C=O) groups excluding carboxylic acids is 3. The van der Waals surface area contributed by atoms with E-state index in [9.17, 15) is 18.8 Å². The predicted molar refractivity (Wildman–Crippen MR) is 97.9 cm³/mol. The number of benzene rings is 2. The molecule has 0 saturated heterocycles.